The highest BCUT2D eigenvalue weighted by molar-refractivity contribution is 6.32. The van der Waals surface area contributed by atoms with Crippen LogP contribution in [0.1, 0.15) is 26.3 Å². The van der Waals surface area contributed by atoms with E-state index in [0.29, 0.717) is 31.6 Å². The summed E-state index contributed by atoms with van der Waals surface area (Å²) in [6.07, 6.45) is -1.79. The number of nitrogens with one attached hydrogen (secondary N) is 1. The quantitative estimate of drug-likeness (QED) is 0.378. The molecule has 1 atom stereocenters. The maximum absolute atomic E-state index is 13.3. The molecule has 3 aromatic rings. The third-order valence-electron chi connectivity index (χ3n) is 4.87. The summed E-state index contributed by atoms with van der Waals surface area (Å²) in [7, 11) is 0. The van der Waals surface area contributed by atoms with Gasteiger partial charge in [0.2, 0.25) is 5.95 Å². The monoisotopic (exact) mass is 536 g/mol. The van der Waals surface area contributed by atoms with Gasteiger partial charge >= 0.3 is 17.3 Å². The molecule has 2 aromatic carbocycles. The topological polar surface area (TPSA) is 125 Å². The number of aliphatic hydroxyl groups is 1. The molecule has 0 saturated carbocycles. The molecule has 36 heavy (non-hydrogen) atoms. The van der Waals surface area contributed by atoms with Crippen molar-refractivity contribution < 1.29 is 19.4 Å². The molecule has 192 valence electrons. The molecule has 1 heterocycles. The van der Waals surface area contributed by atoms with Gasteiger partial charge in [0.25, 0.3) is 0 Å². The Kier molecular flexibility index (Phi) is 9.14. The van der Waals surface area contributed by atoms with E-state index in [0.717, 1.165) is 0 Å². The summed E-state index contributed by atoms with van der Waals surface area (Å²) >= 11 is 12.3. The summed E-state index contributed by atoms with van der Waals surface area (Å²) in [4.78, 5) is 41.9. The second-order valence-corrected chi connectivity index (χ2v) is 8.87. The first-order valence-electron chi connectivity index (χ1n) is 11.1. The van der Waals surface area contributed by atoms with E-state index in [9.17, 15) is 19.5 Å². The Morgan fingerprint density at radius 2 is 1.81 bits per heavy atom. The molecule has 0 aliphatic carbocycles. The zero-order valence-electron chi connectivity index (χ0n) is 19.9. The molecule has 0 aliphatic heterocycles. The van der Waals surface area contributed by atoms with Crippen LogP contribution >= 0.6 is 23.2 Å². The molecular weight excluding hydrogens is 511 g/mol. The molecule has 12 heteroatoms. The Balaban J connectivity index is 2.03. The molecule has 1 aromatic heterocycles. The zero-order valence-corrected chi connectivity index (χ0v) is 21.4. The molecule has 3 rings (SSSR count). The highest BCUT2D eigenvalue weighted by Gasteiger charge is 2.22. The average Bonchev–Trinajstić information content (AvgIpc) is 2.82. The van der Waals surface area contributed by atoms with E-state index in [1.165, 1.54) is 4.57 Å². The average molecular weight is 537 g/mol. The fourth-order valence-electron chi connectivity index (χ4n) is 3.24. The lowest BCUT2D eigenvalue weighted by atomic mass is 10.2. The number of carbonyl (C=O) groups is 1. The molecule has 0 saturated heterocycles. The highest BCUT2D eigenvalue weighted by Crippen LogP contribution is 2.29. The van der Waals surface area contributed by atoms with Gasteiger partial charge in [-0.1, -0.05) is 35.3 Å². The van der Waals surface area contributed by atoms with Gasteiger partial charge < -0.3 is 19.9 Å². The van der Waals surface area contributed by atoms with E-state index in [4.69, 9.17) is 32.7 Å². The summed E-state index contributed by atoms with van der Waals surface area (Å²) < 4.78 is 12.3. The molecule has 0 bridgehead atoms. The van der Waals surface area contributed by atoms with Crippen LogP contribution in [0.5, 0.6) is 5.75 Å². The molecule has 0 fully saturated rings. The van der Waals surface area contributed by atoms with Gasteiger partial charge in [0.1, 0.15) is 5.75 Å². The van der Waals surface area contributed by atoms with E-state index in [1.54, 1.807) is 49.4 Å². The number of rotatable bonds is 10. The number of nitrogens with zero attached hydrogens (tertiary/aromatic N) is 3. The van der Waals surface area contributed by atoms with Crippen molar-refractivity contribution in [2.45, 2.75) is 46.1 Å². The number of benzene rings is 2. The Labute approximate surface area is 217 Å². The lowest BCUT2D eigenvalue weighted by Crippen LogP contribution is -2.46. The van der Waals surface area contributed by atoms with E-state index < -0.39 is 30.0 Å². The Bertz CT molecular complexity index is 1340. The van der Waals surface area contributed by atoms with E-state index >= 15 is 0 Å². The summed E-state index contributed by atoms with van der Waals surface area (Å²) in [6, 6.07) is 11.7. The number of esters is 1. The molecule has 10 nitrogen and oxygen atoms in total. The highest BCUT2D eigenvalue weighted by atomic mass is 35.5. The van der Waals surface area contributed by atoms with Crippen molar-refractivity contribution in [3.8, 4) is 5.75 Å². The van der Waals surface area contributed by atoms with Crippen LogP contribution in [0.3, 0.4) is 0 Å². The van der Waals surface area contributed by atoms with Gasteiger partial charge in [-0.25, -0.2) is 19.0 Å². The Hall–Kier alpha value is -3.34. The Morgan fingerprint density at radius 1 is 1.11 bits per heavy atom. The summed E-state index contributed by atoms with van der Waals surface area (Å²) in [5, 5.41) is 13.9. The summed E-state index contributed by atoms with van der Waals surface area (Å²) in [5.41, 5.74) is -0.594. The van der Waals surface area contributed by atoms with Crippen LogP contribution in [0.2, 0.25) is 10.0 Å². The number of carbonyl (C=O) groups excluding carboxylic acids is 1. The summed E-state index contributed by atoms with van der Waals surface area (Å²) in [5.74, 6) is -0.531. The number of ether oxygens (including phenoxy) is 2. The fraction of sp³-hybridized carbons (Fsp3) is 0.333. The number of anilines is 2. The minimum atomic E-state index is -1.72. The minimum Gasteiger partial charge on any atom is -0.489 e. The number of hydrogen-bond acceptors (Lipinski definition) is 8. The number of aromatic nitrogens is 3. The van der Waals surface area contributed by atoms with Crippen molar-refractivity contribution in [1.29, 1.82) is 0 Å². The molecule has 1 unspecified atom stereocenters. The van der Waals surface area contributed by atoms with Crippen LogP contribution in [-0.4, -0.2) is 44.0 Å². The first-order valence-corrected chi connectivity index (χ1v) is 11.9. The van der Waals surface area contributed by atoms with Gasteiger partial charge in [-0.05, 0) is 56.7 Å². The van der Waals surface area contributed by atoms with Crippen molar-refractivity contribution >= 4 is 40.8 Å². The first-order chi connectivity index (χ1) is 17.1. The maximum atomic E-state index is 13.3. The number of hydrogen-bond donors (Lipinski definition) is 2. The van der Waals surface area contributed by atoms with Crippen LogP contribution in [0.25, 0.3) is 0 Å². The predicted molar refractivity (Wildman–Crippen MR) is 136 cm³/mol. The second-order valence-electron chi connectivity index (χ2n) is 8.03. The second kappa shape index (κ2) is 12.1. The van der Waals surface area contributed by atoms with Gasteiger partial charge in [0.05, 0.1) is 30.8 Å². The van der Waals surface area contributed by atoms with Gasteiger partial charge in [-0.15, -0.1) is 0 Å². The maximum Gasteiger partial charge on any atom is 0.355 e. The van der Waals surface area contributed by atoms with Gasteiger partial charge in [0.15, 0.2) is 6.10 Å². The van der Waals surface area contributed by atoms with Crippen molar-refractivity contribution in [3.05, 3.63) is 79.0 Å². The number of aliphatic hydroxyl groups excluding tert-OH is 1. The number of halogens is 2. The van der Waals surface area contributed by atoms with Gasteiger partial charge in [-0.3, -0.25) is 4.57 Å². The third kappa shape index (κ3) is 6.87. The van der Waals surface area contributed by atoms with Crippen molar-refractivity contribution in [2.75, 3.05) is 11.9 Å². The molecule has 0 spiro atoms. The van der Waals surface area contributed by atoms with Crippen molar-refractivity contribution in [2.24, 2.45) is 0 Å². The summed E-state index contributed by atoms with van der Waals surface area (Å²) in [6.45, 7) is 4.76. The minimum absolute atomic E-state index is 0.0173. The van der Waals surface area contributed by atoms with Crippen LogP contribution in [0.15, 0.2) is 52.1 Å². The first kappa shape index (κ1) is 27.3. The van der Waals surface area contributed by atoms with E-state index in [-0.39, 0.29) is 25.2 Å². The SMILES string of the molecule is CCOC(=O)C(O)Cn1c(=O)nc(Nc2ccc(OC(C)C)c(Cl)c2)n(Cc2ccc(Cl)cc2)c1=O. The standard InChI is InChI=1S/C24H26Cl2N4O6/c1-4-35-21(32)19(31)13-30-23(33)28-22(27-17-9-10-20(18(26)11-17)36-14(2)3)29(24(30)34)12-15-5-7-16(25)8-6-15/h5-11,14,19,31H,4,12-13H2,1-3H3,(H,27,28,33). The normalized spacial score (nSPS) is 11.9. The van der Waals surface area contributed by atoms with E-state index in [1.807, 2.05) is 13.8 Å². The van der Waals surface area contributed by atoms with E-state index in [2.05, 4.69) is 10.3 Å². The fourth-order valence-corrected chi connectivity index (χ4v) is 3.59. The zero-order chi connectivity index (χ0) is 26.4. The lowest BCUT2D eigenvalue weighted by Gasteiger charge is -2.17. The lowest BCUT2D eigenvalue weighted by molar-refractivity contribution is -0.153. The molecule has 0 amide bonds. The van der Waals surface area contributed by atoms with Crippen LogP contribution < -0.4 is 21.4 Å². The predicted octanol–water partition coefficient (Wildman–Crippen LogP) is 3.21. The van der Waals surface area contributed by atoms with Gasteiger partial charge in [0, 0.05) is 10.7 Å². The molecule has 0 radical (unpaired) electrons. The molecule has 2 N–H and O–H groups in total. The van der Waals surface area contributed by atoms with Crippen LogP contribution in [-0.2, 0) is 22.6 Å². The Morgan fingerprint density at radius 3 is 2.42 bits per heavy atom. The van der Waals surface area contributed by atoms with Gasteiger partial charge in [-0.2, -0.15) is 4.98 Å². The van der Waals surface area contributed by atoms with Crippen LogP contribution in [0.4, 0.5) is 11.6 Å². The van der Waals surface area contributed by atoms with Crippen LogP contribution in [0, 0.1) is 0 Å². The third-order valence-corrected chi connectivity index (χ3v) is 5.42. The molecule has 0 aliphatic rings. The van der Waals surface area contributed by atoms with Crippen molar-refractivity contribution in [1.82, 2.24) is 14.1 Å². The van der Waals surface area contributed by atoms with Crippen molar-refractivity contribution in [3.63, 3.8) is 0 Å². The largest absolute Gasteiger partial charge is 0.489 e. The smallest absolute Gasteiger partial charge is 0.355 e. The molecular formula is C24H26Cl2N4O6.